The van der Waals surface area contributed by atoms with Crippen LogP contribution in [0.1, 0.15) is 25.6 Å². The SMILES string of the molecule is Cc1ccc(NC(NC(=O)c2cccs2)C(=O)c2ccccc2)cc1. The normalized spacial score (nSPS) is 11.6. The Hall–Kier alpha value is -2.92. The van der Waals surface area contributed by atoms with E-state index in [9.17, 15) is 9.59 Å². The van der Waals surface area contributed by atoms with Crippen LogP contribution < -0.4 is 10.6 Å². The average molecular weight is 350 g/mol. The van der Waals surface area contributed by atoms with Gasteiger partial charge in [0.05, 0.1) is 4.88 Å². The number of amides is 1. The molecule has 2 aromatic carbocycles. The van der Waals surface area contributed by atoms with Gasteiger partial charge in [-0.2, -0.15) is 0 Å². The molecule has 25 heavy (non-hydrogen) atoms. The summed E-state index contributed by atoms with van der Waals surface area (Å²) in [6.07, 6.45) is -0.847. The lowest BCUT2D eigenvalue weighted by Gasteiger charge is -2.20. The van der Waals surface area contributed by atoms with E-state index in [1.54, 1.807) is 36.4 Å². The summed E-state index contributed by atoms with van der Waals surface area (Å²) in [6.45, 7) is 1.99. The third kappa shape index (κ3) is 4.33. The molecule has 0 aliphatic heterocycles. The summed E-state index contributed by atoms with van der Waals surface area (Å²) in [5.74, 6) is -0.463. The van der Waals surface area contributed by atoms with Crippen molar-refractivity contribution in [2.45, 2.75) is 13.1 Å². The van der Waals surface area contributed by atoms with Gasteiger partial charge in [-0.1, -0.05) is 54.1 Å². The van der Waals surface area contributed by atoms with Gasteiger partial charge in [-0.15, -0.1) is 11.3 Å². The number of nitrogens with one attached hydrogen (secondary N) is 2. The van der Waals surface area contributed by atoms with Crippen LogP contribution >= 0.6 is 11.3 Å². The summed E-state index contributed by atoms with van der Waals surface area (Å²) in [4.78, 5) is 25.8. The molecule has 4 nitrogen and oxygen atoms in total. The Labute approximate surface area is 150 Å². The number of anilines is 1. The first-order valence-electron chi connectivity index (χ1n) is 7.90. The second-order valence-electron chi connectivity index (χ2n) is 5.62. The van der Waals surface area contributed by atoms with E-state index in [1.807, 2.05) is 42.6 Å². The maximum atomic E-state index is 12.8. The molecule has 0 saturated carbocycles. The number of thiophene rings is 1. The summed E-state index contributed by atoms with van der Waals surface area (Å²) in [6, 6.07) is 20.2. The highest BCUT2D eigenvalue weighted by Gasteiger charge is 2.23. The van der Waals surface area contributed by atoms with E-state index in [-0.39, 0.29) is 11.7 Å². The van der Waals surface area contributed by atoms with Gasteiger partial charge in [-0.3, -0.25) is 9.59 Å². The van der Waals surface area contributed by atoms with Crippen LogP contribution in [-0.2, 0) is 0 Å². The Balaban J connectivity index is 1.83. The van der Waals surface area contributed by atoms with Crippen LogP contribution in [0.3, 0.4) is 0 Å². The lowest BCUT2D eigenvalue weighted by Crippen LogP contribution is -2.46. The van der Waals surface area contributed by atoms with Crippen molar-refractivity contribution in [3.63, 3.8) is 0 Å². The van der Waals surface area contributed by atoms with E-state index in [0.29, 0.717) is 10.4 Å². The highest BCUT2D eigenvalue weighted by molar-refractivity contribution is 7.12. The largest absolute Gasteiger partial charge is 0.359 e. The smallest absolute Gasteiger partial charge is 0.263 e. The predicted octanol–water partition coefficient (Wildman–Crippen LogP) is 4.11. The van der Waals surface area contributed by atoms with E-state index >= 15 is 0 Å². The van der Waals surface area contributed by atoms with E-state index in [1.165, 1.54) is 11.3 Å². The maximum absolute atomic E-state index is 12.8. The number of carbonyl (C=O) groups is 2. The molecule has 0 bridgehead atoms. The number of benzene rings is 2. The van der Waals surface area contributed by atoms with Gasteiger partial charge in [-0.25, -0.2) is 0 Å². The van der Waals surface area contributed by atoms with Crippen LogP contribution in [0.5, 0.6) is 0 Å². The Morgan fingerprint density at radius 1 is 0.920 bits per heavy atom. The number of ketones is 1. The number of hydrogen-bond acceptors (Lipinski definition) is 4. The van der Waals surface area contributed by atoms with Crippen LogP contribution in [0.2, 0.25) is 0 Å². The number of Topliss-reactive ketones (excluding diaryl/α,β-unsaturated/α-hetero) is 1. The molecule has 1 amide bonds. The van der Waals surface area contributed by atoms with Crippen molar-refractivity contribution < 1.29 is 9.59 Å². The third-order valence-corrected chi connectivity index (χ3v) is 4.57. The topological polar surface area (TPSA) is 58.2 Å². The highest BCUT2D eigenvalue weighted by Crippen LogP contribution is 2.14. The molecule has 1 aromatic heterocycles. The molecule has 0 spiro atoms. The van der Waals surface area contributed by atoms with E-state index in [4.69, 9.17) is 0 Å². The van der Waals surface area contributed by atoms with Crippen molar-refractivity contribution in [3.8, 4) is 0 Å². The molecule has 3 rings (SSSR count). The third-order valence-electron chi connectivity index (χ3n) is 3.70. The molecule has 3 aromatic rings. The molecule has 0 saturated heterocycles. The molecule has 0 fully saturated rings. The second-order valence-corrected chi connectivity index (χ2v) is 6.57. The molecule has 2 N–H and O–H groups in total. The Bertz CT molecular complexity index is 843. The molecule has 1 atom stereocenters. The fourth-order valence-corrected chi connectivity index (χ4v) is 2.99. The van der Waals surface area contributed by atoms with Crippen molar-refractivity contribution in [2.24, 2.45) is 0 Å². The predicted molar refractivity (Wildman–Crippen MR) is 101 cm³/mol. The summed E-state index contributed by atoms with van der Waals surface area (Å²) >= 11 is 1.34. The molecular formula is C20H18N2O2S. The zero-order valence-electron chi connectivity index (χ0n) is 13.7. The van der Waals surface area contributed by atoms with Crippen LogP contribution in [0.15, 0.2) is 72.1 Å². The van der Waals surface area contributed by atoms with Gasteiger partial charge >= 0.3 is 0 Å². The molecule has 0 radical (unpaired) electrons. The van der Waals surface area contributed by atoms with Crippen LogP contribution in [0.25, 0.3) is 0 Å². The number of hydrogen-bond donors (Lipinski definition) is 2. The average Bonchev–Trinajstić information content (AvgIpc) is 3.18. The fourth-order valence-electron chi connectivity index (χ4n) is 2.36. The summed E-state index contributed by atoms with van der Waals surface area (Å²) in [5.41, 5.74) is 2.43. The van der Waals surface area contributed by atoms with Gasteiger partial charge in [0, 0.05) is 11.3 Å². The molecule has 0 aliphatic carbocycles. The van der Waals surface area contributed by atoms with Gasteiger partial charge < -0.3 is 10.6 Å². The van der Waals surface area contributed by atoms with Crippen molar-refractivity contribution in [2.75, 3.05) is 5.32 Å². The monoisotopic (exact) mass is 350 g/mol. The van der Waals surface area contributed by atoms with Gasteiger partial charge in [0.25, 0.3) is 5.91 Å². The lowest BCUT2D eigenvalue weighted by molar-refractivity contribution is 0.0872. The minimum Gasteiger partial charge on any atom is -0.359 e. The van der Waals surface area contributed by atoms with Gasteiger partial charge in [0.15, 0.2) is 6.17 Å². The number of carbonyl (C=O) groups excluding carboxylic acids is 2. The first-order chi connectivity index (χ1) is 12.1. The second kappa shape index (κ2) is 7.77. The minimum atomic E-state index is -0.847. The standard InChI is InChI=1S/C20H18N2O2S/c1-14-9-11-16(12-10-14)21-19(18(23)15-6-3-2-4-7-15)22-20(24)17-8-5-13-25-17/h2-13,19,21H,1H3,(H,22,24). The number of aryl methyl sites for hydroxylation is 1. The Morgan fingerprint density at radius 2 is 1.64 bits per heavy atom. The first-order valence-corrected chi connectivity index (χ1v) is 8.78. The van der Waals surface area contributed by atoms with Crippen LogP contribution in [-0.4, -0.2) is 17.9 Å². The van der Waals surface area contributed by atoms with Gasteiger partial charge in [0.2, 0.25) is 5.78 Å². The van der Waals surface area contributed by atoms with Gasteiger partial charge in [-0.05, 0) is 30.5 Å². The first kappa shape index (κ1) is 16.9. The van der Waals surface area contributed by atoms with Crippen molar-refractivity contribution in [3.05, 3.63) is 88.1 Å². The van der Waals surface area contributed by atoms with Crippen LogP contribution in [0, 0.1) is 6.92 Å². The zero-order valence-corrected chi connectivity index (χ0v) is 14.5. The van der Waals surface area contributed by atoms with Crippen LogP contribution in [0.4, 0.5) is 5.69 Å². The Kier molecular flexibility index (Phi) is 5.26. The highest BCUT2D eigenvalue weighted by atomic mass is 32.1. The zero-order chi connectivity index (χ0) is 17.6. The quantitative estimate of drug-likeness (QED) is 0.520. The summed E-state index contributed by atoms with van der Waals surface area (Å²) in [7, 11) is 0. The van der Waals surface area contributed by atoms with Crippen molar-refractivity contribution in [1.82, 2.24) is 5.32 Å². The molecule has 1 unspecified atom stereocenters. The number of rotatable bonds is 6. The lowest BCUT2D eigenvalue weighted by atomic mass is 10.1. The molecule has 5 heteroatoms. The maximum Gasteiger partial charge on any atom is 0.263 e. The fraction of sp³-hybridized carbons (Fsp3) is 0.100. The van der Waals surface area contributed by atoms with Crippen molar-refractivity contribution >= 4 is 28.7 Å². The summed E-state index contributed by atoms with van der Waals surface area (Å²) in [5, 5.41) is 7.74. The van der Waals surface area contributed by atoms with E-state index in [0.717, 1.165) is 11.3 Å². The van der Waals surface area contributed by atoms with E-state index < -0.39 is 6.17 Å². The molecule has 1 heterocycles. The summed E-state index contributed by atoms with van der Waals surface area (Å²) < 4.78 is 0. The Morgan fingerprint density at radius 3 is 2.28 bits per heavy atom. The van der Waals surface area contributed by atoms with E-state index in [2.05, 4.69) is 10.6 Å². The molecule has 126 valence electrons. The molecule has 0 aliphatic rings. The van der Waals surface area contributed by atoms with Crippen molar-refractivity contribution in [1.29, 1.82) is 0 Å². The van der Waals surface area contributed by atoms with Gasteiger partial charge in [0.1, 0.15) is 0 Å². The molecular weight excluding hydrogens is 332 g/mol. The minimum absolute atomic E-state index is 0.189.